The summed E-state index contributed by atoms with van der Waals surface area (Å²) in [7, 11) is 3.52. The van der Waals surface area contributed by atoms with Crippen LogP contribution in [0.2, 0.25) is 0 Å². The van der Waals surface area contributed by atoms with Crippen LogP contribution in [0.5, 0.6) is 0 Å². The lowest BCUT2D eigenvalue weighted by molar-refractivity contribution is -0.147. The van der Waals surface area contributed by atoms with E-state index in [1.54, 1.807) is 19.0 Å². The monoisotopic (exact) mass is 282 g/mol. The molecule has 3 fully saturated rings. The number of carbonyl (C=O) groups excluding carboxylic acids is 1. The van der Waals surface area contributed by atoms with Gasteiger partial charge < -0.3 is 14.4 Å². The molecule has 2 aliphatic carbocycles. The van der Waals surface area contributed by atoms with Gasteiger partial charge in [0.15, 0.2) is 0 Å². The number of fused-ring (bicyclic) bond motifs is 1. The highest BCUT2D eigenvalue weighted by atomic mass is 16.5. The lowest BCUT2D eigenvalue weighted by Crippen LogP contribution is -2.57. The largest absolute Gasteiger partial charge is 0.373 e. The normalized spacial score (nSPS) is 34.6. The second-order valence-electron chi connectivity index (χ2n) is 6.44. The third kappa shape index (κ3) is 2.71. The fourth-order valence-electron chi connectivity index (χ4n) is 3.60. The number of rotatable bonds is 4. The van der Waals surface area contributed by atoms with E-state index in [2.05, 4.69) is 4.90 Å². The third-order valence-electron chi connectivity index (χ3n) is 5.04. The summed E-state index contributed by atoms with van der Waals surface area (Å²) in [5.74, 6) is 0.0279. The number of likely N-dealkylation sites (N-methyl/N-ethyl adjacent to an activating group) is 1. The van der Waals surface area contributed by atoms with Gasteiger partial charge in [0.25, 0.3) is 0 Å². The summed E-state index contributed by atoms with van der Waals surface area (Å²) in [4.78, 5) is 15.9. The van der Waals surface area contributed by atoms with Gasteiger partial charge in [-0.15, -0.1) is 0 Å². The fourth-order valence-corrected chi connectivity index (χ4v) is 3.60. The highest BCUT2D eigenvalue weighted by molar-refractivity contribution is 5.76. The fraction of sp³-hybridized carbons (Fsp3) is 0.933. The highest BCUT2D eigenvalue weighted by Crippen LogP contribution is 2.37. The predicted molar refractivity (Wildman–Crippen MR) is 75.5 cm³/mol. The molecule has 5 nitrogen and oxygen atoms in total. The molecule has 0 aromatic carbocycles. The maximum atomic E-state index is 11.6. The summed E-state index contributed by atoms with van der Waals surface area (Å²) in [6, 6.07) is 1.28. The average Bonchev–Trinajstić information content (AvgIpc) is 2.78. The summed E-state index contributed by atoms with van der Waals surface area (Å²) >= 11 is 0. The minimum absolute atomic E-state index is 0.0279. The first-order valence-electron chi connectivity index (χ1n) is 7.86. The smallest absolute Gasteiger partial charge is 0.248 e. The zero-order valence-electron chi connectivity index (χ0n) is 12.6. The molecule has 1 amide bonds. The van der Waals surface area contributed by atoms with Crippen LogP contribution in [0.15, 0.2) is 0 Å². The van der Waals surface area contributed by atoms with Crippen molar-refractivity contribution in [2.24, 2.45) is 0 Å². The van der Waals surface area contributed by atoms with Gasteiger partial charge in [0.05, 0.1) is 18.8 Å². The molecule has 0 aromatic heterocycles. The lowest BCUT2D eigenvalue weighted by Gasteiger charge is -2.46. The average molecular weight is 282 g/mol. The molecule has 0 bridgehead atoms. The molecule has 2 saturated carbocycles. The first kappa shape index (κ1) is 14.3. The second kappa shape index (κ2) is 6.00. The summed E-state index contributed by atoms with van der Waals surface area (Å²) in [6.45, 7) is 2.04. The number of ether oxygens (including phenoxy) is 2. The molecular formula is C15H26N2O3. The standard InChI is InChI=1S/C15H26N2O3/c1-16(2)14(18)10-20-13-7-6-12-15(13)19-9-8-17(12)11-4-3-5-11/h11-13,15H,3-10H2,1-2H3/t12-,13+,15+/m0/s1. The number of hydrogen-bond donors (Lipinski definition) is 0. The molecule has 0 spiro atoms. The quantitative estimate of drug-likeness (QED) is 0.767. The molecule has 0 unspecified atom stereocenters. The van der Waals surface area contributed by atoms with Crippen LogP contribution in [0.3, 0.4) is 0 Å². The van der Waals surface area contributed by atoms with E-state index in [4.69, 9.17) is 9.47 Å². The van der Waals surface area contributed by atoms with E-state index in [1.807, 2.05) is 0 Å². The van der Waals surface area contributed by atoms with E-state index in [0.29, 0.717) is 6.04 Å². The van der Waals surface area contributed by atoms with Crippen LogP contribution in [-0.4, -0.2) is 73.9 Å². The summed E-state index contributed by atoms with van der Waals surface area (Å²) in [5.41, 5.74) is 0. The zero-order valence-corrected chi connectivity index (χ0v) is 12.6. The summed E-state index contributed by atoms with van der Waals surface area (Å²) < 4.78 is 11.8. The molecule has 0 N–H and O–H groups in total. The molecule has 20 heavy (non-hydrogen) atoms. The van der Waals surface area contributed by atoms with Crippen LogP contribution in [0.1, 0.15) is 32.1 Å². The predicted octanol–water partition coefficient (Wildman–Crippen LogP) is 0.875. The van der Waals surface area contributed by atoms with Crippen molar-refractivity contribution in [3.63, 3.8) is 0 Å². The molecule has 0 radical (unpaired) electrons. The number of amides is 1. The summed E-state index contributed by atoms with van der Waals surface area (Å²) in [5, 5.41) is 0. The Morgan fingerprint density at radius 2 is 2.10 bits per heavy atom. The van der Waals surface area contributed by atoms with Gasteiger partial charge in [-0.3, -0.25) is 9.69 Å². The third-order valence-corrected chi connectivity index (χ3v) is 5.04. The van der Waals surface area contributed by atoms with Crippen LogP contribution in [0.25, 0.3) is 0 Å². The van der Waals surface area contributed by atoms with E-state index in [-0.39, 0.29) is 24.7 Å². The van der Waals surface area contributed by atoms with Gasteiger partial charge in [-0.05, 0) is 25.7 Å². The van der Waals surface area contributed by atoms with Gasteiger partial charge in [0.2, 0.25) is 5.91 Å². The topological polar surface area (TPSA) is 42.0 Å². The summed E-state index contributed by atoms with van der Waals surface area (Å²) in [6.07, 6.45) is 6.46. The van der Waals surface area contributed by atoms with Gasteiger partial charge in [-0.2, -0.15) is 0 Å². The number of morpholine rings is 1. The van der Waals surface area contributed by atoms with E-state index < -0.39 is 0 Å². The maximum Gasteiger partial charge on any atom is 0.248 e. The van der Waals surface area contributed by atoms with Crippen molar-refractivity contribution in [2.45, 2.75) is 56.4 Å². The Morgan fingerprint density at radius 3 is 2.75 bits per heavy atom. The van der Waals surface area contributed by atoms with Gasteiger partial charge in [-0.1, -0.05) is 6.42 Å². The molecule has 3 atom stereocenters. The first-order chi connectivity index (χ1) is 9.66. The van der Waals surface area contributed by atoms with Gasteiger partial charge in [0.1, 0.15) is 6.61 Å². The van der Waals surface area contributed by atoms with Crippen LogP contribution in [0, 0.1) is 0 Å². The molecule has 0 aromatic rings. The Hall–Kier alpha value is -0.650. The van der Waals surface area contributed by atoms with Crippen LogP contribution in [0.4, 0.5) is 0 Å². The van der Waals surface area contributed by atoms with Crippen LogP contribution in [-0.2, 0) is 14.3 Å². The minimum Gasteiger partial charge on any atom is -0.373 e. The van der Waals surface area contributed by atoms with Gasteiger partial charge in [-0.25, -0.2) is 0 Å². The number of carbonyl (C=O) groups is 1. The number of nitrogens with zero attached hydrogens (tertiary/aromatic N) is 2. The lowest BCUT2D eigenvalue weighted by atomic mass is 9.89. The Labute approximate surface area is 121 Å². The van der Waals surface area contributed by atoms with Crippen molar-refractivity contribution in [1.82, 2.24) is 9.80 Å². The SMILES string of the molecule is CN(C)C(=O)CO[C@@H]1CC[C@H]2[C@H]1OCCN2C1CCC1. The molecule has 114 valence electrons. The van der Waals surface area contributed by atoms with E-state index in [0.717, 1.165) is 32.0 Å². The first-order valence-corrected chi connectivity index (χ1v) is 7.86. The van der Waals surface area contributed by atoms with Gasteiger partial charge in [0, 0.05) is 32.7 Å². The molecule has 1 heterocycles. The second-order valence-corrected chi connectivity index (χ2v) is 6.44. The zero-order chi connectivity index (χ0) is 14.1. The molecule has 3 aliphatic rings. The molecule has 1 saturated heterocycles. The van der Waals surface area contributed by atoms with Crippen molar-refractivity contribution >= 4 is 5.91 Å². The Balaban J connectivity index is 1.55. The van der Waals surface area contributed by atoms with Crippen molar-refractivity contribution in [3.05, 3.63) is 0 Å². The minimum atomic E-state index is 0.0279. The van der Waals surface area contributed by atoms with Crippen molar-refractivity contribution in [1.29, 1.82) is 0 Å². The maximum absolute atomic E-state index is 11.6. The Morgan fingerprint density at radius 1 is 1.30 bits per heavy atom. The molecular weight excluding hydrogens is 256 g/mol. The highest BCUT2D eigenvalue weighted by Gasteiger charge is 2.46. The van der Waals surface area contributed by atoms with Crippen molar-refractivity contribution in [2.75, 3.05) is 33.9 Å². The molecule has 5 heteroatoms. The van der Waals surface area contributed by atoms with Crippen LogP contribution < -0.4 is 0 Å². The van der Waals surface area contributed by atoms with E-state index >= 15 is 0 Å². The Bertz CT molecular complexity index is 357. The van der Waals surface area contributed by atoms with E-state index in [9.17, 15) is 4.79 Å². The Kier molecular flexibility index (Phi) is 4.29. The van der Waals surface area contributed by atoms with Crippen LogP contribution >= 0.6 is 0 Å². The number of hydrogen-bond acceptors (Lipinski definition) is 4. The van der Waals surface area contributed by atoms with Crippen molar-refractivity contribution < 1.29 is 14.3 Å². The molecule has 3 rings (SSSR count). The van der Waals surface area contributed by atoms with Gasteiger partial charge >= 0.3 is 0 Å². The van der Waals surface area contributed by atoms with Crippen molar-refractivity contribution in [3.8, 4) is 0 Å². The molecule has 1 aliphatic heterocycles. The van der Waals surface area contributed by atoms with E-state index in [1.165, 1.54) is 19.3 Å².